The van der Waals surface area contributed by atoms with Gasteiger partial charge in [0.05, 0.1) is 11.6 Å². The smallest absolute Gasteiger partial charge is 0.252 e. The van der Waals surface area contributed by atoms with Crippen LogP contribution in [0.25, 0.3) is 11.1 Å². The quantitative estimate of drug-likeness (QED) is 0.735. The predicted molar refractivity (Wildman–Crippen MR) is 103 cm³/mol. The molecule has 0 aromatic heterocycles. The van der Waals surface area contributed by atoms with Crippen LogP contribution < -0.4 is 11.1 Å². The van der Waals surface area contributed by atoms with E-state index in [1.165, 1.54) is 0 Å². The SMILES string of the molecule is N#Cc1ccc(CNC(=O)c2ccccc2-c2ccc(C(N)=O)cc2)cc1. The average Bonchev–Trinajstić information content (AvgIpc) is 2.72. The predicted octanol–water partition coefficient (Wildman–Crippen LogP) is 3.25. The summed E-state index contributed by atoms with van der Waals surface area (Å²) in [7, 11) is 0. The molecular weight excluding hydrogens is 338 g/mol. The van der Waals surface area contributed by atoms with Crippen molar-refractivity contribution >= 4 is 11.8 Å². The van der Waals surface area contributed by atoms with E-state index in [2.05, 4.69) is 11.4 Å². The standard InChI is InChI=1S/C22H17N3O2/c23-13-15-5-7-16(8-6-15)14-25-22(27)20-4-2-1-3-19(20)17-9-11-18(12-10-17)21(24)26/h1-12H,14H2,(H2,24,26)(H,25,27). The molecule has 27 heavy (non-hydrogen) atoms. The zero-order valence-corrected chi connectivity index (χ0v) is 14.5. The highest BCUT2D eigenvalue weighted by atomic mass is 16.2. The molecule has 0 spiro atoms. The van der Waals surface area contributed by atoms with Crippen LogP contribution in [-0.2, 0) is 6.54 Å². The van der Waals surface area contributed by atoms with Crippen LogP contribution in [0.15, 0.2) is 72.8 Å². The van der Waals surface area contributed by atoms with E-state index in [4.69, 9.17) is 11.0 Å². The number of hydrogen-bond donors (Lipinski definition) is 2. The van der Waals surface area contributed by atoms with Crippen molar-refractivity contribution in [2.75, 3.05) is 0 Å². The Kier molecular flexibility index (Phi) is 5.29. The van der Waals surface area contributed by atoms with E-state index in [0.717, 1.165) is 16.7 Å². The molecule has 0 aliphatic carbocycles. The van der Waals surface area contributed by atoms with Crippen molar-refractivity contribution in [2.24, 2.45) is 5.73 Å². The topological polar surface area (TPSA) is 96.0 Å². The van der Waals surface area contributed by atoms with Gasteiger partial charge < -0.3 is 11.1 Å². The van der Waals surface area contributed by atoms with E-state index in [9.17, 15) is 9.59 Å². The maximum absolute atomic E-state index is 12.7. The Labute approximate surface area is 157 Å². The molecule has 0 unspecified atom stereocenters. The fourth-order valence-corrected chi connectivity index (χ4v) is 2.72. The largest absolute Gasteiger partial charge is 0.366 e. The first-order chi connectivity index (χ1) is 13.1. The highest BCUT2D eigenvalue weighted by Gasteiger charge is 2.12. The fourth-order valence-electron chi connectivity index (χ4n) is 2.72. The molecule has 5 nitrogen and oxygen atoms in total. The van der Waals surface area contributed by atoms with E-state index < -0.39 is 5.91 Å². The molecule has 0 saturated heterocycles. The van der Waals surface area contributed by atoms with Crippen molar-refractivity contribution in [2.45, 2.75) is 6.54 Å². The summed E-state index contributed by atoms with van der Waals surface area (Å²) in [5.41, 5.74) is 9.31. The van der Waals surface area contributed by atoms with Crippen molar-refractivity contribution in [3.63, 3.8) is 0 Å². The second kappa shape index (κ2) is 7.98. The van der Waals surface area contributed by atoms with E-state index in [0.29, 0.717) is 23.2 Å². The summed E-state index contributed by atoms with van der Waals surface area (Å²) in [6.07, 6.45) is 0. The number of rotatable bonds is 5. The zero-order chi connectivity index (χ0) is 19.2. The Morgan fingerprint density at radius 3 is 2.22 bits per heavy atom. The summed E-state index contributed by atoms with van der Waals surface area (Å²) in [6.45, 7) is 0.361. The lowest BCUT2D eigenvalue weighted by molar-refractivity contribution is 0.0950. The number of carbonyl (C=O) groups excluding carboxylic acids is 2. The lowest BCUT2D eigenvalue weighted by atomic mass is 9.98. The van der Waals surface area contributed by atoms with Gasteiger partial charge in [-0.1, -0.05) is 42.5 Å². The Balaban J connectivity index is 1.79. The lowest BCUT2D eigenvalue weighted by Crippen LogP contribution is -2.23. The third kappa shape index (κ3) is 4.20. The molecule has 0 heterocycles. The molecule has 0 bridgehead atoms. The first-order valence-electron chi connectivity index (χ1n) is 8.35. The molecule has 0 radical (unpaired) electrons. The second-order valence-electron chi connectivity index (χ2n) is 5.98. The van der Waals surface area contributed by atoms with Crippen LogP contribution >= 0.6 is 0 Å². The monoisotopic (exact) mass is 355 g/mol. The average molecular weight is 355 g/mol. The van der Waals surface area contributed by atoms with Gasteiger partial charge in [0.25, 0.3) is 5.91 Å². The molecule has 0 saturated carbocycles. The minimum Gasteiger partial charge on any atom is -0.366 e. The Morgan fingerprint density at radius 1 is 0.926 bits per heavy atom. The number of hydrogen-bond acceptors (Lipinski definition) is 3. The van der Waals surface area contributed by atoms with Gasteiger partial charge in [-0.15, -0.1) is 0 Å². The van der Waals surface area contributed by atoms with Gasteiger partial charge in [0, 0.05) is 17.7 Å². The van der Waals surface area contributed by atoms with Crippen molar-refractivity contribution in [1.82, 2.24) is 5.32 Å². The summed E-state index contributed by atoms with van der Waals surface area (Å²) in [6, 6.07) is 23.2. The lowest BCUT2D eigenvalue weighted by Gasteiger charge is -2.11. The molecule has 2 amide bonds. The third-order valence-electron chi connectivity index (χ3n) is 4.19. The number of nitriles is 1. The van der Waals surface area contributed by atoms with Gasteiger partial charge in [-0.05, 0) is 47.0 Å². The summed E-state index contributed by atoms with van der Waals surface area (Å²) >= 11 is 0. The second-order valence-corrected chi connectivity index (χ2v) is 5.98. The Hall–Kier alpha value is -3.91. The number of carbonyl (C=O) groups is 2. The van der Waals surface area contributed by atoms with Crippen molar-refractivity contribution in [3.8, 4) is 17.2 Å². The number of nitrogens with one attached hydrogen (secondary N) is 1. The first kappa shape index (κ1) is 17.9. The van der Waals surface area contributed by atoms with Crippen LogP contribution in [0.2, 0.25) is 0 Å². The van der Waals surface area contributed by atoms with E-state index in [1.54, 1.807) is 48.5 Å². The summed E-state index contributed by atoms with van der Waals surface area (Å²) in [4.78, 5) is 23.9. The van der Waals surface area contributed by atoms with Crippen LogP contribution in [0.4, 0.5) is 0 Å². The van der Waals surface area contributed by atoms with Gasteiger partial charge in [0.15, 0.2) is 0 Å². The van der Waals surface area contributed by atoms with Crippen molar-refractivity contribution in [3.05, 3.63) is 95.1 Å². The maximum Gasteiger partial charge on any atom is 0.252 e. The van der Waals surface area contributed by atoms with Crippen molar-refractivity contribution < 1.29 is 9.59 Å². The number of primary amides is 1. The number of nitrogens with two attached hydrogens (primary N) is 1. The molecule has 5 heteroatoms. The Bertz CT molecular complexity index is 1020. The number of benzene rings is 3. The van der Waals surface area contributed by atoms with E-state index in [-0.39, 0.29) is 5.91 Å². The molecule has 3 aromatic carbocycles. The molecule has 132 valence electrons. The first-order valence-corrected chi connectivity index (χ1v) is 8.35. The normalized spacial score (nSPS) is 10.0. The summed E-state index contributed by atoms with van der Waals surface area (Å²) < 4.78 is 0. The molecule has 3 rings (SSSR count). The highest BCUT2D eigenvalue weighted by Crippen LogP contribution is 2.24. The summed E-state index contributed by atoms with van der Waals surface area (Å²) in [5, 5.41) is 11.7. The van der Waals surface area contributed by atoms with E-state index in [1.807, 2.05) is 24.3 Å². The molecule has 0 atom stereocenters. The molecule has 0 fully saturated rings. The van der Waals surface area contributed by atoms with E-state index >= 15 is 0 Å². The zero-order valence-electron chi connectivity index (χ0n) is 14.5. The van der Waals surface area contributed by atoms with Gasteiger partial charge in [0.2, 0.25) is 5.91 Å². The maximum atomic E-state index is 12.7. The van der Waals surface area contributed by atoms with Gasteiger partial charge in [-0.2, -0.15) is 5.26 Å². The minimum absolute atomic E-state index is 0.200. The number of amides is 2. The van der Waals surface area contributed by atoms with Crippen LogP contribution in [0.1, 0.15) is 31.8 Å². The van der Waals surface area contributed by atoms with Crippen LogP contribution in [0.3, 0.4) is 0 Å². The molecule has 3 N–H and O–H groups in total. The highest BCUT2D eigenvalue weighted by molar-refractivity contribution is 6.01. The molecule has 0 aliphatic heterocycles. The Morgan fingerprint density at radius 2 is 1.59 bits per heavy atom. The van der Waals surface area contributed by atoms with Crippen molar-refractivity contribution in [1.29, 1.82) is 5.26 Å². The fraction of sp³-hybridized carbons (Fsp3) is 0.0455. The number of nitrogens with zero attached hydrogens (tertiary/aromatic N) is 1. The molecular formula is C22H17N3O2. The van der Waals surface area contributed by atoms with Crippen LogP contribution in [0.5, 0.6) is 0 Å². The van der Waals surface area contributed by atoms with Crippen LogP contribution in [0, 0.1) is 11.3 Å². The van der Waals surface area contributed by atoms with Gasteiger partial charge in [-0.25, -0.2) is 0 Å². The molecule has 0 aliphatic rings. The van der Waals surface area contributed by atoms with Gasteiger partial charge in [-0.3, -0.25) is 9.59 Å². The van der Waals surface area contributed by atoms with Crippen LogP contribution in [-0.4, -0.2) is 11.8 Å². The summed E-state index contributed by atoms with van der Waals surface area (Å²) in [5.74, 6) is -0.691. The minimum atomic E-state index is -0.491. The molecule has 3 aromatic rings. The van der Waals surface area contributed by atoms with Gasteiger partial charge in [0.1, 0.15) is 0 Å². The van der Waals surface area contributed by atoms with Gasteiger partial charge >= 0.3 is 0 Å². The third-order valence-corrected chi connectivity index (χ3v) is 4.19.